The monoisotopic (exact) mass is 436 g/mol. The normalized spacial score (nSPS) is 14.7. The van der Waals surface area contributed by atoms with Crippen LogP contribution in [0.25, 0.3) is 0 Å². The number of hydrogen-bond acceptors (Lipinski definition) is 4. The molecule has 0 bridgehead atoms. The van der Waals surface area contributed by atoms with Gasteiger partial charge in [-0.25, -0.2) is 17.9 Å². The number of carbonyl (C=O) groups excluding carboxylic acids is 2. The lowest BCUT2D eigenvalue weighted by atomic mass is 9.96. The van der Waals surface area contributed by atoms with Crippen molar-refractivity contribution in [3.63, 3.8) is 0 Å². The molecule has 0 aromatic heterocycles. The van der Waals surface area contributed by atoms with Gasteiger partial charge in [0.15, 0.2) is 0 Å². The van der Waals surface area contributed by atoms with Gasteiger partial charge in [0.25, 0.3) is 0 Å². The van der Waals surface area contributed by atoms with E-state index in [9.17, 15) is 18.0 Å². The highest BCUT2D eigenvalue weighted by Crippen LogP contribution is 2.17. The van der Waals surface area contributed by atoms with Gasteiger partial charge in [0.05, 0.1) is 5.75 Å². The van der Waals surface area contributed by atoms with E-state index in [2.05, 4.69) is 27.3 Å². The summed E-state index contributed by atoms with van der Waals surface area (Å²) in [5.74, 6) is -0.290. The van der Waals surface area contributed by atoms with Crippen molar-refractivity contribution >= 4 is 27.6 Å². The second kappa shape index (κ2) is 12.3. The zero-order chi connectivity index (χ0) is 21.8. The van der Waals surface area contributed by atoms with Crippen molar-refractivity contribution in [3.05, 3.63) is 42.5 Å². The average molecular weight is 437 g/mol. The first-order chi connectivity index (χ1) is 14.4. The Balaban J connectivity index is 1.64. The summed E-state index contributed by atoms with van der Waals surface area (Å²) in [6.45, 7) is 4.10. The third-order valence-corrected chi connectivity index (χ3v) is 6.17. The SMILES string of the molecule is C=CCNS(=O)(=O)Cc1ccc(NC(=O)CCCNC(=O)NC2CCCCC2)cc1. The van der Waals surface area contributed by atoms with Gasteiger partial charge in [-0.1, -0.05) is 37.5 Å². The van der Waals surface area contributed by atoms with Crippen LogP contribution in [0.15, 0.2) is 36.9 Å². The Hall–Kier alpha value is -2.39. The fraction of sp³-hybridized carbons (Fsp3) is 0.524. The van der Waals surface area contributed by atoms with E-state index < -0.39 is 10.0 Å². The summed E-state index contributed by atoms with van der Waals surface area (Å²) in [6.07, 6.45) is 7.93. The van der Waals surface area contributed by atoms with Crippen LogP contribution >= 0.6 is 0 Å². The van der Waals surface area contributed by atoms with E-state index >= 15 is 0 Å². The van der Waals surface area contributed by atoms with Gasteiger partial charge in [0.1, 0.15) is 0 Å². The first kappa shape index (κ1) is 23.9. The molecule has 1 saturated carbocycles. The van der Waals surface area contributed by atoms with Crippen LogP contribution in [0.3, 0.4) is 0 Å². The van der Waals surface area contributed by atoms with Gasteiger partial charge in [-0.2, -0.15) is 0 Å². The second-order valence-electron chi connectivity index (χ2n) is 7.48. The molecule has 1 aromatic rings. The summed E-state index contributed by atoms with van der Waals surface area (Å²) >= 11 is 0. The number of urea groups is 1. The number of carbonyl (C=O) groups is 2. The van der Waals surface area contributed by atoms with Crippen LogP contribution in [-0.2, 0) is 20.6 Å². The number of anilines is 1. The molecule has 0 saturated heterocycles. The van der Waals surface area contributed by atoms with Gasteiger partial charge >= 0.3 is 6.03 Å². The summed E-state index contributed by atoms with van der Waals surface area (Å²) in [4.78, 5) is 23.9. The Morgan fingerprint density at radius 2 is 1.80 bits per heavy atom. The Bertz CT molecular complexity index is 803. The van der Waals surface area contributed by atoms with Crippen LogP contribution in [0.4, 0.5) is 10.5 Å². The van der Waals surface area contributed by atoms with Crippen molar-refractivity contribution in [1.82, 2.24) is 15.4 Å². The van der Waals surface area contributed by atoms with Gasteiger partial charge < -0.3 is 16.0 Å². The molecule has 3 amide bonds. The van der Waals surface area contributed by atoms with Gasteiger partial charge in [0.2, 0.25) is 15.9 Å². The number of amides is 3. The summed E-state index contributed by atoms with van der Waals surface area (Å²) < 4.78 is 26.1. The first-order valence-corrected chi connectivity index (χ1v) is 12.0. The minimum Gasteiger partial charge on any atom is -0.338 e. The molecule has 2 rings (SSSR count). The van der Waals surface area contributed by atoms with Crippen LogP contribution in [-0.4, -0.2) is 39.5 Å². The first-order valence-electron chi connectivity index (χ1n) is 10.4. The molecule has 30 heavy (non-hydrogen) atoms. The minimum absolute atomic E-state index is 0.135. The van der Waals surface area contributed by atoms with Crippen molar-refractivity contribution in [2.75, 3.05) is 18.4 Å². The van der Waals surface area contributed by atoms with E-state index in [4.69, 9.17) is 0 Å². The van der Waals surface area contributed by atoms with Gasteiger partial charge in [-0.05, 0) is 37.0 Å². The number of sulfonamides is 1. The quantitative estimate of drug-likeness (QED) is 0.315. The van der Waals surface area contributed by atoms with Gasteiger partial charge in [0, 0.05) is 31.2 Å². The Kier molecular flexibility index (Phi) is 9.82. The van der Waals surface area contributed by atoms with Crippen LogP contribution in [0.2, 0.25) is 0 Å². The van der Waals surface area contributed by atoms with Crippen LogP contribution in [0.5, 0.6) is 0 Å². The van der Waals surface area contributed by atoms with Crippen molar-refractivity contribution in [2.45, 2.75) is 56.7 Å². The number of nitrogens with one attached hydrogen (secondary N) is 4. The van der Waals surface area contributed by atoms with Crippen molar-refractivity contribution in [2.24, 2.45) is 0 Å². The third-order valence-electron chi connectivity index (χ3n) is 4.85. The highest BCUT2D eigenvalue weighted by molar-refractivity contribution is 7.88. The standard InChI is InChI=1S/C21H32N4O4S/c1-2-14-23-30(28,29)16-17-10-12-19(13-11-17)24-20(26)9-6-15-22-21(27)25-18-7-4-3-5-8-18/h2,10-13,18,23H,1,3-9,14-16H2,(H,24,26)(H2,22,25,27). The molecule has 0 atom stereocenters. The molecule has 8 nitrogen and oxygen atoms in total. The number of benzene rings is 1. The van der Waals surface area contributed by atoms with Crippen molar-refractivity contribution in [3.8, 4) is 0 Å². The Morgan fingerprint density at radius 3 is 2.47 bits per heavy atom. The molecule has 1 fully saturated rings. The smallest absolute Gasteiger partial charge is 0.315 e. The van der Waals surface area contributed by atoms with Gasteiger partial charge in [-0.15, -0.1) is 6.58 Å². The zero-order valence-electron chi connectivity index (χ0n) is 17.3. The maximum Gasteiger partial charge on any atom is 0.315 e. The summed E-state index contributed by atoms with van der Waals surface area (Å²) in [5.41, 5.74) is 1.22. The lowest BCUT2D eigenvalue weighted by Crippen LogP contribution is -2.43. The number of rotatable bonds is 11. The van der Waals surface area contributed by atoms with Gasteiger partial charge in [-0.3, -0.25) is 4.79 Å². The molecule has 0 spiro atoms. The van der Waals surface area contributed by atoms with Crippen LogP contribution in [0.1, 0.15) is 50.5 Å². The summed E-state index contributed by atoms with van der Waals surface area (Å²) in [7, 11) is -3.41. The average Bonchev–Trinajstić information content (AvgIpc) is 2.72. The molecule has 4 N–H and O–H groups in total. The van der Waals surface area contributed by atoms with Crippen LogP contribution < -0.4 is 20.7 Å². The maximum atomic E-state index is 12.1. The predicted molar refractivity (Wildman–Crippen MR) is 119 cm³/mol. The molecular weight excluding hydrogens is 404 g/mol. The summed E-state index contributed by atoms with van der Waals surface area (Å²) in [5, 5.41) is 8.54. The minimum atomic E-state index is -3.41. The third kappa shape index (κ3) is 9.41. The molecule has 1 aromatic carbocycles. The van der Waals surface area contributed by atoms with Crippen molar-refractivity contribution in [1.29, 1.82) is 0 Å². The number of hydrogen-bond donors (Lipinski definition) is 4. The predicted octanol–water partition coefficient (Wildman–Crippen LogP) is 2.64. The Labute approximate surface area is 178 Å². The fourth-order valence-corrected chi connectivity index (χ4v) is 4.40. The molecule has 1 aliphatic rings. The lowest BCUT2D eigenvalue weighted by molar-refractivity contribution is -0.116. The van der Waals surface area contributed by atoms with E-state index in [0.717, 1.165) is 25.7 Å². The van der Waals surface area contributed by atoms with E-state index in [1.54, 1.807) is 24.3 Å². The lowest BCUT2D eigenvalue weighted by Gasteiger charge is -2.22. The fourth-order valence-electron chi connectivity index (χ4n) is 3.30. The summed E-state index contributed by atoms with van der Waals surface area (Å²) in [6, 6.07) is 6.77. The highest BCUT2D eigenvalue weighted by atomic mass is 32.2. The molecule has 0 heterocycles. The van der Waals surface area contributed by atoms with Crippen molar-refractivity contribution < 1.29 is 18.0 Å². The Morgan fingerprint density at radius 1 is 1.10 bits per heavy atom. The second-order valence-corrected chi connectivity index (χ2v) is 9.29. The maximum absolute atomic E-state index is 12.1. The molecule has 0 unspecified atom stereocenters. The molecule has 1 aliphatic carbocycles. The molecular formula is C21H32N4O4S. The van der Waals surface area contributed by atoms with Crippen LogP contribution in [0, 0.1) is 0 Å². The molecule has 166 valence electrons. The van der Waals surface area contributed by atoms with E-state index in [-0.39, 0.29) is 36.7 Å². The largest absolute Gasteiger partial charge is 0.338 e. The van der Waals surface area contributed by atoms with E-state index in [1.807, 2.05) is 0 Å². The molecule has 0 aliphatic heterocycles. The van der Waals surface area contributed by atoms with E-state index in [0.29, 0.717) is 24.2 Å². The highest BCUT2D eigenvalue weighted by Gasteiger charge is 2.15. The molecule has 9 heteroatoms. The topological polar surface area (TPSA) is 116 Å². The van der Waals surface area contributed by atoms with E-state index in [1.165, 1.54) is 12.5 Å². The molecule has 0 radical (unpaired) electrons. The zero-order valence-corrected chi connectivity index (χ0v) is 18.1.